The molecule has 1 amide bonds. The predicted molar refractivity (Wildman–Crippen MR) is 117 cm³/mol. The zero-order valence-electron chi connectivity index (χ0n) is 17.1. The number of nitrogens with one attached hydrogen (secondary N) is 1. The number of hydroxylamine groups is 2. The molecule has 9 heteroatoms. The van der Waals surface area contributed by atoms with Crippen molar-refractivity contribution in [1.82, 2.24) is 15.0 Å². The van der Waals surface area contributed by atoms with Crippen molar-refractivity contribution in [2.45, 2.75) is 25.7 Å². The highest BCUT2D eigenvalue weighted by molar-refractivity contribution is 7.19. The minimum absolute atomic E-state index is 0.0321. The van der Waals surface area contributed by atoms with Gasteiger partial charge in [-0.1, -0.05) is 0 Å². The van der Waals surface area contributed by atoms with E-state index in [1.54, 1.807) is 29.8 Å². The van der Waals surface area contributed by atoms with Gasteiger partial charge in [-0.15, -0.1) is 11.3 Å². The summed E-state index contributed by atoms with van der Waals surface area (Å²) < 4.78 is 5.55. The Bertz CT molecular complexity index is 1330. The predicted octanol–water partition coefficient (Wildman–Crippen LogP) is 2.08. The van der Waals surface area contributed by atoms with Crippen LogP contribution < -0.4 is 20.6 Å². The Labute approximate surface area is 182 Å². The number of ether oxygens (including phenoxy) is 1. The number of aryl methyl sites for hydroxylation is 1. The summed E-state index contributed by atoms with van der Waals surface area (Å²) in [7, 11) is 1.65. The molecule has 1 aliphatic carbocycles. The van der Waals surface area contributed by atoms with E-state index in [0.29, 0.717) is 13.2 Å². The number of amides is 1. The van der Waals surface area contributed by atoms with Gasteiger partial charge in [0.25, 0.3) is 0 Å². The molecule has 2 aromatic heterocycles. The molecule has 0 bridgehead atoms. The topological polar surface area (TPSA) is 88.9 Å². The highest BCUT2D eigenvalue weighted by atomic mass is 32.1. The van der Waals surface area contributed by atoms with Crippen LogP contribution in [0.1, 0.15) is 23.3 Å². The van der Waals surface area contributed by atoms with Gasteiger partial charge in [0.15, 0.2) is 0 Å². The number of fused-ring (bicyclic) bond motifs is 4. The van der Waals surface area contributed by atoms with Crippen molar-refractivity contribution in [3.05, 3.63) is 39.5 Å². The van der Waals surface area contributed by atoms with E-state index in [2.05, 4.69) is 20.3 Å². The van der Waals surface area contributed by atoms with Gasteiger partial charge < -0.3 is 10.1 Å². The van der Waals surface area contributed by atoms with Crippen molar-refractivity contribution in [1.29, 1.82) is 0 Å². The van der Waals surface area contributed by atoms with Crippen molar-refractivity contribution in [2.24, 2.45) is 10.9 Å². The van der Waals surface area contributed by atoms with Crippen molar-refractivity contribution in [3.63, 3.8) is 0 Å². The van der Waals surface area contributed by atoms with E-state index < -0.39 is 0 Å². The molecule has 0 spiro atoms. The van der Waals surface area contributed by atoms with E-state index in [1.165, 1.54) is 10.4 Å². The maximum absolute atomic E-state index is 12.8. The van der Waals surface area contributed by atoms with E-state index in [1.807, 2.05) is 18.3 Å². The molecule has 1 fully saturated rings. The van der Waals surface area contributed by atoms with E-state index in [-0.39, 0.29) is 11.8 Å². The maximum Gasteiger partial charge on any atom is 0.249 e. The molecule has 31 heavy (non-hydrogen) atoms. The normalized spacial score (nSPS) is 19.1. The highest BCUT2D eigenvalue weighted by Crippen LogP contribution is 2.41. The second-order valence-corrected chi connectivity index (χ2v) is 9.05. The first-order chi connectivity index (χ1) is 15.2. The standard InChI is InChI=1S/C22H21N5O3S/c1-29-17-9-15-13(10-23-15)7-16(17)26-20-19-14-4-3-12(22(28)27-5-2-6-30-27)8-18(14)31-21(19)25-11-24-20/h7,9-12H,2-6,8H2,1H3,(H,24,25,26). The first-order valence-electron chi connectivity index (χ1n) is 10.4. The molecule has 2 aliphatic heterocycles. The summed E-state index contributed by atoms with van der Waals surface area (Å²) >= 11 is 1.66. The Morgan fingerprint density at radius 2 is 2.29 bits per heavy atom. The van der Waals surface area contributed by atoms with Crippen molar-refractivity contribution >= 4 is 45.2 Å². The molecule has 8 nitrogen and oxygen atoms in total. The van der Waals surface area contributed by atoms with Gasteiger partial charge in [0, 0.05) is 28.3 Å². The first kappa shape index (κ1) is 18.7. The van der Waals surface area contributed by atoms with E-state index in [9.17, 15) is 4.79 Å². The summed E-state index contributed by atoms with van der Waals surface area (Å²) in [6.07, 6.45) is 6.70. The maximum atomic E-state index is 12.8. The third-order valence-electron chi connectivity index (χ3n) is 6.14. The average Bonchev–Trinajstić information content (AvgIpc) is 3.43. The van der Waals surface area contributed by atoms with Crippen LogP contribution in [0.4, 0.5) is 11.5 Å². The molecule has 4 heterocycles. The number of aromatic nitrogens is 2. The summed E-state index contributed by atoms with van der Waals surface area (Å²) in [5, 5.41) is 8.06. The Morgan fingerprint density at radius 3 is 3.06 bits per heavy atom. The van der Waals surface area contributed by atoms with Gasteiger partial charge in [0.05, 0.1) is 36.7 Å². The molecule has 6 rings (SSSR count). The van der Waals surface area contributed by atoms with Crippen LogP contribution in [0.5, 0.6) is 5.75 Å². The Kier molecular flexibility index (Phi) is 4.39. The number of carbonyl (C=O) groups is 1. The van der Waals surface area contributed by atoms with Crippen LogP contribution in [0, 0.1) is 5.92 Å². The number of anilines is 2. The second-order valence-electron chi connectivity index (χ2n) is 7.97. The molecule has 1 N–H and O–H groups in total. The average molecular weight is 436 g/mol. The van der Waals surface area contributed by atoms with Crippen molar-refractivity contribution in [3.8, 4) is 5.75 Å². The van der Waals surface area contributed by atoms with Crippen LogP contribution in [-0.4, -0.2) is 41.2 Å². The summed E-state index contributed by atoms with van der Waals surface area (Å²) in [6, 6.07) is 3.95. The number of methoxy groups -OCH3 is 1. The van der Waals surface area contributed by atoms with Crippen molar-refractivity contribution in [2.75, 3.05) is 25.6 Å². The van der Waals surface area contributed by atoms with E-state index >= 15 is 0 Å². The Balaban J connectivity index is 1.34. The molecule has 0 radical (unpaired) electrons. The fourth-order valence-electron chi connectivity index (χ4n) is 4.51. The Morgan fingerprint density at radius 1 is 1.35 bits per heavy atom. The summed E-state index contributed by atoms with van der Waals surface area (Å²) in [5.74, 6) is 1.57. The second kappa shape index (κ2) is 7.28. The lowest BCUT2D eigenvalue weighted by atomic mass is 9.87. The van der Waals surface area contributed by atoms with E-state index in [4.69, 9.17) is 9.57 Å². The van der Waals surface area contributed by atoms with Crippen LogP contribution >= 0.6 is 11.3 Å². The smallest absolute Gasteiger partial charge is 0.249 e. The van der Waals surface area contributed by atoms with Gasteiger partial charge >= 0.3 is 0 Å². The van der Waals surface area contributed by atoms with Crippen LogP contribution in [0.3, 0.4) is 0 Å². The number of hydrogen-bond acceptors (Lipinski definition) is 8. The number of benzene rings is 1. The molecule has 3 aliphatic rings. The molecular formula is C22H21N5O3S. The molecule has 3 aromatic rings. The number of thiophene rings is 1. The largest absolute Gasteiger partial charge is 0.494 e. The number of hydrogen-bond donors (Lipinski definition) is 1. The van der Waals surface area contributed by atoms with Crippen LogP contribution in [-0.2, 0) is 22.5 Å². The van der Waals surface area contributed by atoms with Crippen molar-refractivity contribution < 1.29 is 14.4 Å². The van der Waals surface area contributed by atoms with Crippen LogP contribution in [0.2, 0.25) is 0 Å². The van der Waals surface area contributed by atoms with E-state index in [0.717, 1.165) is 63.7 Å². The highest BCUT2D eigenvalue weighted by Gasteiger charge is 2.33. The number of rotatable bonds is 4. The minimum atomic E-state index is -0.0321. The number of nitrogens with zero attached hydrogens (tertiary/aromatic N) is 4. The Hall–Kier alpha value is -3.04. The fourth-order valence-corrected chi connectivity index (χ4v) is 5.78. The number of carbonyl (C=O) groups excluding carboxylic acids is 1. The fraction of sp³-hybridized carbons (Fsp3) is 0.364. The molecule has 1 atom stereocenters. The van der Waals surface area contributed by atoms with Crippen LogP contribution in [0.25, 0.3) is 16.4 Å². The lowest BCUT2D eigenvalue weighted by Crippen LogP contribution is -2.35. The third-order valence-corrected chi connectivity index (χ3v) is 7.30. The minimum Gasteiger partial charge on any atom is -0.494 e. The molecule has 1 aromatic carbocycles. The molecule has 0 saturated carbocycles. The quantitative estimate of drug-likeness (QED) is 0.675. The lowest BCUT2D eigenvalue weighted by Gasteiger charge is -2.25. The summed E-state index contributed by atoms with van der Waals surface area (Å²) in [4.78, 5) is 33.8. The SMILES string of the molecule is COc1cc2c(cc1Nc1ncnc3sc4c(c13)CCC(C(=O)N1CCCO1)C4)=CN=2. The zero-order chi connectivity index (χ0) is 20.9. The van der Waals surface area contributed by atoms with Gasteiger partial charge in [-0.05, 0) is 37.3 Å². The summed E-state index contributed by atoms with van der Waals surface area (Å²) in [5.41, 5.74) is 2.10. The molecule has 1 unspecified atom stereocenters. The monoisotopic (exact) mass is 435 g/mol. The third kappa shape index (κ3) is 3.07. The molecule has 158 valence electrons. The lowest BCUT2D eigenvalue weighted by molar-refractivity contribution is -0.173. The van der Waals surface area contributed by atoms with Gasteiger partial charge in [0.1, 0.15) is 22.7 Å². The van der Waals surface area contributed by atoms with Gasteiger partial charge in [-0.3, -0.25) is 14.6 Å². The summed E-state index contributed by atoms with van der Waals surface area (Å²) in [6.45, 7) is 1.33. The van der Waals surface area contributed by atoms with Gasteiger partial charge in [-0.25, -0.2) is 15.0 Å². The van der Waals surface area contributed by atoms with Gasteiger partial charge in [-0.2, -0.15) is 0 Å². The molecular weight excluding hydrogens is 414 g/mol. The van der Waals surface area contributed by atoms with Gasteiger partial charge in [0.2, 0.25) is 5.91 Å². The molecule has 1 saturated heterocycles. The van der Waals surface area contributed by atoms with Crippen LogP contribution in [0.15, 0.2) is 23.5 Å². The first-order valence-corrected chi connectivity index (χ1v) is 11.3. The zero-order valence-corrected chi connectivity index (χ0v) is 17.9.